The largest absolute Gasteiger partial charge is 0.481 e. The molecule has 5 heteroatoms. The molecule has 0 spiro atoms. The summed E-state index contributed by atoms with van der Waals surface area (Å²) in [6.07, 6.45) is 2.50. The Kier molecular flexibility index (Phi) is 5.74. The highest BCUT2D eigenvalue weighted by Gasteiger charge is 2.31. The molecule has 24 heavy (non-hydrogen) atoms. The maximum Gasteiger partial charge on any atom is 0.306 e. The lowest BCUT2D eigenvalue weighted by molar-refractivity contribution is -0.143. The van der Waals surface area contributed by atoms with Crippen LogP contribution >= 0.6 is 27.3 Å². The van der Waals surface area contributed by atoms with Gasteiger partial charge >= 0.3 is 5.97 Å². The van der Waals surface area contributed by atoms with Gasteiger partial charge in [-0.25, -0.2) is 0 Å². The number of hydrogen-bond donors (Lipinski definition) is 1. The normalized spacial score (nSPS) is 17.8. The van der Waals surface area contributed by atoms with Crippen LogP contribution in [0.5, 0.6) is 0 Å². The average Bonchev–Trinajstić information content (AvgIpc) is 3.06. The first kappa shape index (κ1) is 17.6. The third-order valence-corrected chi connectivity index (χ3v) is 6.75. The van der Waals surface area contributed by atoms with E-state index in [-0.39, 0.29) is 12.0 Å². The summed E-state index contributed by atoms with van der Waals surface area (Å²) >= 11 is 5.57. The van der Waals surface area contributed by atoms with Crippen molar-refractivity contribution < 1.29 is 9.90 Å². The molecule has 0 bridgehead atoms. The minimum absolute atomic E-state index is 0.195. The number of piperidine rings is 1. The highest BCUT2D eigenvalue weighted by atomic mass is 79.9. The Morgan fingerprint density at radius 2 is 2.00 bits per heavy atom. The number of nitrogens with zero attached hydrogens (tertiary/aromatic N) is 1. The number of likely N-dealkylation sites (tertiary alicyclic amines) is 1. The topological polar surface area (TPSA) is 40.5 Å². The summed E-state index contributed by atoms with van der Waals surface area (Å²) in [5.41, 5.74) is 1.26. The van der Waals surface area contributed by atoms with Crippen LogP contribution in [0.3, 0.4) is 0 Å². The van der Waals surface area contributed by atoms with Gasteiger partial charge in [0.15, 0.2) is 0 Å². The van der Waals surface area contributed by atoms with Crippen LogP contribution < -0.4 is 0 Å². The molecule has 1 aromatic carbocycles. The quantitative estimate of drug-likeness (QED) is 0.761. The molecule has 0 aliphatic carbocycles. The summed E-state index contributed by atoms with van der Waals surface area (Å²) in [6.45, 7) is 3.83. The molecule has 0 amide bonds. The van der Waals surface area contributed by atoms with Gasteiger partial charge in [0.2, 0.25) is 0 Å². The maximum atomic E-state index is 11.2. The number of rotatable bonds is 5. The van der Waals surface area contributed by atoms with Crippen LogP contribution in [0.1, 0.15) is 41.1 Å². The van der Waals surface area contributed by atoms with E-state index in [9.17, 15) is 9.90 Å². The Bertz CT molecular complexity index is 707. The summed E-state index contributed by atoms with van der Waals surface area (Å²) in [5.74, 6) is -0.855. The SMILES string of the molecule is CCc1ccc(C(c2ccccc2Br)N2CCC(C(=O)O)CC2)s1. The summed E-state index contributed by atoms with van der Waals surface area (Å²) in [7, 11) is 0. The molecular weight excluding hydrogens is 386 g/mol. The van der Waals surface area contributed by atoms with Gasteiger partial charge in [-0.2, -0.15) is 0 Å². The first-order valence-corrected chi connectivity index (χ1v) is 10.0. The van der Waals surface area contributed by atoms with Gasteiger partial charge in [0.1, 0.15) is 0 Å². The number of hydrogen-bond acceptors (Lipinski definition) is 3. The highest BCUT2D eigenvalue weighted by Crippen LogP contribution is 2.38. The lowest BCUT2D eigenvalue weighted by atomic mass is 9.94. The Labute approximate surface area is 155 Å². The van der Waals surface area contributed by atoms with Crippen LogP contribution in [0.15, 0.2) is 40.9 Å². The third kappa shape index (κ3) is 3.73. The second-order valence-corrected chi connectivity index (χ2v) is 8.28. The number of halogens is 1. The molecule has 2 heterocycles. The van der Waals surface area contributed by atoms with Crippen molar-refractivity contribution in [2.24, 2.45) is 5.92 Å². The van der Waals surface area contributed by atoms with Crippen molar-refractivity contribution in [3.05, 3.63) is 56.2 Å². The van der Waals surface area contributed by atoms with E-state index in [1.165, 1.54) is 15.3 Å². The van der Waals surface area contributed by atoms with E-state index < -0.39 is 5.97 Å². The fourth-order valence-electron chi connectivity index (χ4n) is 3.36. The van der Waals surface area contributed by atoms with E-state index in [1.807, 2.05) is 17.4 Å². The van der Waals surface area contributed by atoms with E-state index >= 15 is 0 Å². The lowest BCUT2D eigenvalue weighted by Gasteiger charge is -2.36. The molecule has 1 unspecified atom stereocenters. The van der Waals surface area contributed by atoms with E-state index in [1.54, 1.807) is 0 Å². The fraction of sp³-hybridized carbons (Fsp3) is 0.421. The van der Waals surface area contributed by atoms with Crippen LogP contribution in [-0.2, 0) is 11.2 Å². The van der Waals surface area contributed by atoms with Crippen molar-refractivity contribution in [2.75, 3.05) is 13.1 Å². The first-order chi connectivity index (χ1) is 11.6. The molecule has 1 aliphatic rings. The Hall–Kier alpha value is -1.17. The van der Waals surface area contributed by atoms with Gasteiger partial charge in [-0.1, -0.05) is 41.1 Å². The molecular formula is C19H22BrNO2S. The first-order valence-electron chi connectivity index (χ1n) is 8.40. The van der Waals surface area contributed by atoms with E-state index in [2.05, 4.69) is 58.1 Å². The molecule has 1 N–H and O–H groups in total. The van der Waals surface area contributed by atoms with Gasteiger partial charge in [-0.05, 0) is 56.1 Å². The Morgan fingerprint density at radius 1 is 1.29 bits per heavy atom. The molecule has 0 radical (unpaired) electrons. The van der Waals surface area contributed by atoms with Crippen LogP contribution in [0.25, 0.3) is 0 Å². The highest BCUT2D eigenvalue weighted by molar-refractivity contribution is 9.10. The zero-order valence-electron chi connectivity index (χ0n) is 13.7. The monoisotopic (exact) mass is 407 g/mol. The number of carboxylic acid groups (broad SMARTS) is 1. The van der Waals surface area contributed by atoms with Crippen molar-refractivity contribution in [1.82, 2.24) is 4.90 Å². The smallest absolute Gasteiger partial charge is 0.306 e. The zero-order valence-corrected chi connectivity index (χ0v) is 16.1. The standard InChI is InChI=1S/C19H22BrNO2S/c1-2-14-7-8-17(24-14)18(15-5-3-4-6-16(15)20)21-11-9-13(10-12-21)19(22)23/h3-8,13,18H,2,9-12H2,1H3,(H,22,23). The number of benzene rings is 1. The summed E-state index contributed by atoms with van der Waals surface area (Å²) in [5, 5.41) is 9.25. The molecule has 0 saturated carbocycles. The lowest BCUT2D eigenvalue weighted by Crippen LogP contribution is -2.39. The zero-order chi connectivity index (χ0) is 17.1. The number of aliphatic carboxylic acids is 1. The van der Waals surface area contributed by atoms with Crippen molar-refractivity contribution in [3.63, 3.8) is 0 Å². The van der Waals surface area contributed by atoms with Gasteiger partial charge in [-0.15, -0.1) is 11.3 Å². The molecule has 128 valence electrons. The van der Waals surface area contributed by atoms with Crippen molar-refractivity contribution in [1.29, 1.82) is 0 Å². The van der Waals surface area contributed by atoms with Gasteiger partial charge in [0.25, 0.3) is 0 Å². The number of carbonyl (C=O) groups is 1. The van der Waals surface area contributed by atoms with E-state index in [0.717, 1.165) is 36.8 Å². The molecule has 1 fully saturated rings. The Morgan fingerprint density at radius 3 is 2.58 bits per heavy atom. The maximum absolute atomic E-state index is 11.2. The van der Waals surface area contributed by atoms with Crippen LogP contribution in [-0.4, -0.2) is 29.1 Å². The average molecular weight is 408 g/mol. The molecule has 1 aromatic heterocycles. The number of carboxylic acids is 1. The molecule has 1 saturated heterocycles. The van der Waals surface area contributed by atoms with Crippen molar-refractivity contribution in [2.45, 2.75) is 32.2 Å². The number of aryl methyl sites for hydroxylation is 1. The summed E-state index contributed by atoms with van der Waals surface area (Å²) in [4.78, 5) is 16.4. The van der Waals surface area contributed by atoms with Gasteiger partial charge in [0, 0.05) is 14.2 Å². The number of thiophene rings is 1. The third-order valence-electron chi connectivity index (χ3n) is 4.74. The summed E-state index contributed by atoms with van der Waals surface area (Å²) < 4.78 is 1.11. The van der Waals surface area contributed by atoms with Crippen LogP contribution in [0, 0.1) is 5.92 Å². The molecule has 2 aromatic rings. The van der Waals surface area contributed by atoms with E-state index in [4.69, 9.17) is 0 Å². The Balaban J connectivity index is 1.91. The minimum Gasteiger partial charge on any atom is -0.481 e. The van der Waals surface area contributed by atoms with Gasteiger partial charge in [-0.3, -0.25) is 9.69 Å². The van der Waals surface area contributed by atoms with Crippen molar-refractivity contribution in [3.8, 4) is 0 Å². The van der Waals surface area contributed by atoms with Crippen LogP contribution in [0.2, 0.25) is 0 Å². The predicted molar refractivity (Wildman–Crippen MR) is 102 cm³/mol. The van der Waals surface area contributed by atoms with Gasteiger partial charge in [0.05, 0.1) is 12.0 Å². The molecule has 1 aliphatic heterocycles. The van der Waals surface area contributed by atoms with Gasteiger partial charge < -0.3 is 5.11 Å². The second-order valence-electron chi connectivity index (χ2n) is 6.23. The minimum atomic E-state index is -0.656. The van der Waals surface area contributed by atoms with Crippen molar-refractivity contribution >= 4 is 33.2 Å². The fourth-order valence-corrected chi connectivity index (χ4v) is 4.97. The van der Waals surface area contributed by atoms with Crippen LogP contribution in [0.4, 0.5) is 0 Å². The summed E-state index contributed by atoms with van der Waals surface area (Å²) in [6, 6.07) is 13.0. The van der Waals surface area contributed by atoms with E-state index in [0.29, 0.717) is 0 Å². The second kappa shape index (κ2) is 7.81. The molecule has 3 nitrogen and oxygen atoms in total. The molecule has 1 atom stereocenters. The predicted octanol–water partition coefficient (Wildman–Crippen LogP) is 4.96. The molecule has 3 rings (SSSR count).